The second kappa shape index (κ2) is 9.77. The van der Waals surface area contributed by atoms with Gasteiger partial charge in [0.05, 0.1) is 0 Å². The Morgan fingerprint density at radius 1 is 1.15 bits per heavy atom. The molecule has 6 nitrogen and oxygen atoms in total. The van der Waals surface area contributed by atoms with Gasteiger partial charge in [-0.05, 0) is 87.6 Å². The minimum atomic E-state index is -4.78. The quantitative estimate of drug-likeness (QED) is 0.469. The second-order valence-corrected chi connectivity index (χ2v) is 10.3. The van der Waals surface area contributed by atoms with Crippen molar-refractivity contribution in [2.75, 3.05) is 11.9 Å². The average Bonchev–Trinajstić information content (AvgIpc) is 3.11. The van der Waals surface area contributed by atoms with Gasteiger partial charge in [0.25, 0.3) is 0 Å². The summed E-state index contributed by atoms with van der Waals surface area (Å²) in [4.78, 5) is 27.0. The van der Waals surface area contributed by atoms with Gasteiger partial charge in [-0.1, -0.05) is 6.07 Å². The summed E-state index contributed by atoms with van der Waals surface area (Å²) >= 11 is 1.28. The van der Waals surface area contributed by atoms with Crippen molar-refractivity contribution >= 4 is 29.4 Å². The van der Waals surface area contributed by atoms with Crippen LogP contribution in [0.25, 0.3) is 0 Å². The number of rotatable bonds is 7. The molecule has 10 heteroatoms. The Kier molecular flexibility index (Phi) is 7.40. The van der Waals surface area contributed by atoms with E-state index in [2.05, 4.69) is 10.1 Å². The lowest BCUT2D eigenvalue weighted by Gasteiger charge is -2.28. The van der Waals surface area contributed by atoms with Crippen LogP contribution in [-0.2, 0) is 17.6 Å². The van der Waals surface area contributed by atoms with Crippen molar-refractivity contribution in [3.05, 3.63) is 53.1 Å². The van der Waals surface area contributed by atoms with Gasteiger partial charge in [-0.2, -0.15) is 0 Å². The molecule has 2 amide bonds. The van der Waals surface area contributed by atoms with Crippen molar-refractivity contribution in [3.8, 4) is 5.75 Å². The summed E-state index contributed by atoms with van der Waals surface area (Å²) in [5, 5.41) is 12.2. The Balaban J connectivity index is 1.69. The van der Waals surface area contributed by atoms with E-state index in [1.165, 1.54) is 23.9 Å². The highest BCUT2D eigenvalue weighted by Gasteiger charge is 2.33. The molecule has 0 bridgehead atoms. The van der Waals surface area contributed by atoms with E-state index in [-0.39, 0.29) is 17.8 Å². The molecule has 34 heavy (non-hydrogen) atoms. The molecule has 0 aliphatic heterocycles. The monoisotopic (exact) mass is 496 g/mol. The van der Waals surface area contributed by atoms with Gasteiger partial charge >= 0.3 is 18.4 Å². The smallest absolute Gasteiger partial charge is 0.480 e. The normalized spacial score (nSPS) is 15.6. The number of urea groups is 1. The topological polar surface area (TPSA) is 78.9 Å². The number of alkyl halides is 3. The molecule has 0 spiro atoms. The van der Waals surface area contributed by atoms with E-state index in [4.69, 9.17) is 0 Å². The number of nitrogens with one attached hydrogen (secondary N) is 1. The molecule has 1 aliphatic rings. The largest absolute Gasteiger partial charge is 0.573 e. The first-order valence-electron chi connectivity index (χ1n) is 10.8. The minimum Gasteiger partial charge on any atom is -0.480 e. The van der Waals surface area contributed by atoms with Crippen molar-refractivity contribution in [2.45, 2.75) is 62.6 Å². The average molecular weight is 497 g/mol. The van der Waals surface area contributed by atoms with Crippen LogP contribution in [0, 0.1) is 6.92 Å². The van der Waals surface area contributed by atoms with Gasteiger partial charge in [0.1, 0.15) is 10.5 Å². The van der Waals surface area contributed by atoms with Crippen molar-refractivity contribution < 1.29 is 32.6 Å². The third-order valence-corrected chi connectivity index (χ3v) is 6.87. The standard InChI is InChI=1S/C24H27F3N2O4S/c1-5-29(22(32)28-20-9-7-18(10-14(20)2)33-24(25,26)27)17-11-15-6-8-19(13-16(15)12-17)34-23(3,4)21(30)31/h6-10,13,17H,5,11-12H2,1-4H3,(H,28,32)(H,30,31). The molecule has 1 atom stereocenters. The number of likely N-dealkylation sites (N-methyl/N-ethyl adjacent to an activating group) is 1. The Morgan fingerprint density at radius 2 is 1.82 bits per heavy atom. The number of aliphatic carboxylic acids is 1. The molecule has 0 saturated heterocycles. The van der Waals surface area contributed by atoms with Crippen LogP contribution < -0.4 is 10.1 Å². The van der Waals surface area contributed by atoms with Gasteiger partial charge in [-0.15, -0.1) is 24.9 Å². The van der Waals surface area contributed by atoms with E-state index in [9.17, 15) is 27.9 Å². The van der Waals surface area contributed by atoms with E-state index < -0.39 is 17.1 Å². The lowest BCUT2D eigenvalue weighted by molar-refractivity contribution is -0.274. The molecule has 0 fully saturated rings. The lowest BCUT2D eigenvalue weighted by atomic mass is 10.1. The third-order valence-electron chi connectivity index (χ3n) is 5.69. The SMILES string of the molecule is CCN(C(=O)Nc1ccc(OC(F)(F)F)cc1C)C1Cc2ccc(SC(C)(C)C(=O)O)cc2C1. The fourth-order valence-electron chi connectivity index (χ4n) is 3.92. The molecule has 1 unspecified atom stereocenters. The van der Waals surface area contributed by atoms with Gasteiger partial charge in [0.2, 0.25) is 0 Å². The number of benzene rings is 2. The van der Waals surface area contributed by atoms with Crippen LogP contribution in [0.3, 0.4) is 0 Å². The number of hydrogen-bond acceptors (Lipinski definition) is 4. The van der Waals surface area contributed by atoms with E-state index in [1.54, 1.807) is 25.7 Å². The molecule has 3 rings (SSSR count). The number of nitrogens with zero attached hydrogens (tertiary/aromatic N) is 1. The fourth-order valence-corrected chi connectivity index (χ4v) is 4.94. The predicted molar refractivity (Wildman–Crippen MR) is 124 cm³/mol. The van der Waals surface area contributed by atoms with Crippen LogP contribution in [0.2, 0.25) is 0 Å². The maximum atomic E-state index is 13.0. The fraction of sp³-hybridized carbons (Fsp3) is 0.417. The molecule has 2 N–H and O–H groups in total. The highest BCUT2D eigenvalue weighted by Crippen LogP contribution is 2.36. The summed E-state index contributed by atoms with van der Waals surface area (Å²) in [6.07, 6.45) is -3.48. The van der Waals surface area contributed by atoms with Gasteiger partial charge in [0, 0.05) is 23.2 Å². The number of carbonyl (C=O) groups excluding carboxylic acids is 1. The Bertz CT molecular complexity index is 1090. The summed E-state index contributed by atoms with van der Waals surface area (Å²) in [5.41, 5.74) is 3.04. The molecule has 2 aromatic carbocycles. The van der Waals surface area contributed by atoms with E-state index in [1.807, 2.05) is 25.1 Å². The number of ether oxygens (including phenoxy) is 1. The highest BCUT2D eigenvalue weighted by molar-refractivity contribution is 8.01. The molecule has 1 aliphatic carbocycles. The molecular weight excluding hydrogens is 469 g/mol. The number of amides is 2. The number of carboxylic acid groups (broad SMARTS) is 1. The maximum absolute atomic E-state index is 13.0. The van der Waals surface area contributed by atoms with Gasteiger partial charge in [0.15, 0.2) is 0 Å². The Morgan fingerprint density at radius 3 is 2.41 bits per heavy atom. The maximum Gasteiger partial charge on any atom is 0.573 e. The molecule has 0 saturated carbocycles. The Labute approximate surface area is 200 Å². The molecule has 184 valence electrons. The minimum absolute atomic E-state index is 0.0825. The molecule has 2 aromatic rings. The highest BCUT2D eigenvalue weighted by atomic mass is 32.2. The molecule has 0 aromatic heterocycles. The van der Waals surface area contributed by atoms with E-state index in [0.29, 0.717) is 30.6 Å². The number of hydrogen-bond donors (Lipinski definition) is 2. The predicted octanol–water partition coefficient (Wildman–Crippen LogP) is 5.87. The first-order valence-corrected chi connectivity index (χ1v) is 11.6. The van der Waals surface area contributed by atoms with Gasteiger partial charge in [-0.25, -0.2) is 4.79 Å². The number of aryl methyl sites for hydroxylation is 1. The Hall–Kier alpha value is -2.88. The van der Waals surface area contributed by atoms with Crippen molar-refractivity contribution in [1.29, 1.82) is 0 Å². The number of halogens is 3. The second-order valence-electron chi connectivity index (χ2n) is 8.65. The number of carboxylic acids is 1. The zero-order valence-corrected chi connectivity index (χ0v) is 20.1. The van der Waals surface area contributed by atoms with Crippen LogP contribution >= 0.6 is 11.8 Å². The summed E-state index contributed by atoms with van der Waals surface area (Å²) in [5.74, 6) is -1.24. The van der Waals surface area contributed by atoms with Crippen LogP contribution in [0.15, 0.2) is 41.3 Å². The summed E-state index contributed by atoms with van der Waals surface area (Å²) in [6, 6.07) is 9.22. The molecular formula is C24H27F3N2O4S. The lowest BCUT2D eigenvalue weighted by Crippen LogP contribution is -2.43. The zero-order chi connectivity index (χ0) is 25.3. The van der Waals surface area contributed by atoms with Crippen molar-refractivity contribution in [2.24, 2.45) is 0 Å². The summed E-state index contributed by atoms with van der Waals surface area (Å²) < 4.78 is 40.3. The summed E-state index contributed by atoms with van der Waals surface area (Å²) in [7, 11) is 0. The third kappa shape index (κ3) is 6.16. The number of fused-ring (bicyclic) bond motifs is 1. The first-order chi connectivity index (χ1) is 15.8. The number of carbonyl (C=O) groups is 2. The van der Waals surface area contributed by atoms with E-state index in [0.717, 1.165) is 22.1 Å². The molecule has 0 radical (unpaired) electrons. The first kappa shape index (κ1) is 25.7. The van der Waals surface area contributed by atoms with Crippen LogP contribution in [0.5, 0.6) is 5.75 Å². The van der Waals surface area contributed by atoms with Crippen molar-refractivity contribution in [3.63, 3.8) is 0 Å². The van der Waals surface area contributed by atoms with Crippen molar-refractivity contribution in [1.82, 2.24) is 4.90 Å². The zero-order valence-electron chi connectivity index (χ0n) is 19.3. The number of anilines is 1. The van der Waals surface area contributed by atoms with Crippen LogP contribution in [0.4, 0.5) is 23.7 Å². The summed E-state index contributed by atoms with van der Waals surface area (Å²) in [6.45, 7) is 7.23. The van der Waals surface area contributed by atoms with E-state index >= 15 is 0 Å². The number of thioether (sulfide) groups is 1. The van der Waals surface area contributed by atoms with Crippen LogP contribution in [0.1, 0.15) is 37.5 Å². The van der Waals surface area contributed by atoms with Gasteiger partial charge < -0.3 is 20.1 Å². The van der Waals surface area contributed by atoms with Crippen LogP contribution in [-0.4, -0.2) is 45.7 Å². The molecule has 0 heterocycles. The van der Waals surface area contributed by atoms with Gasteiger partial charge in [-0.3, -0.25) is 4.79 Å².